The van der Waals surface area contributed by atoms with Crippen molar-refractivity contribution in [3.63, 3.8) is 0 Å². The Morgan fingerprint density at radius 3 is 1.82 bits per heavy atom. The summed E-state index contributed by atoms with van der Waals surface area (Å²) in [7, 11) is 0. The zero-order valence-electron chi connectivity index (χ0n) is 5.96. The molecule has 4 N–H and O–H groups in total. The molecule has 4 heteroatoms. The summed E-state index contributed by atoms with van der Waals surface area (Å²) < 4.78 is 0. The molecule has 0 amide bonds. The molecule has 4 nitrogen and oxygen atoms in total. The molecule has 2 bridgehead atoms. The average Bonchev–Trinajstić information content (AvgIpc) is 2.31. The summed E-state index contributed by atoms with van der Waals surface area (Å²) in [6.45, 7) is 0. The van der Waals surface area contributed by atoms with Crippen LogP contribution in [0, 0.1) is 11.8 Å². The summed E-state index contributed by atoms with van der Waals surface area (Å²) in [4.78, 5) is 0. The van der Waals surface area contributed by atoms with Crippen LogP contribution in [0.5, 0.6) is 0 Å². The van der Waals surface area contributed by atoms with Crippen molar-refractivity contribution in [2.45, 2.75) is 30.8 Å². The monoisotopic (exact) mass is 160 g/mol. The Kier molecular flexibility index (Phi) is 1.47. The Morgan fingerprint density at radius 1 is 0.818 bits per heavy atom. The lowest BCUT2D eigenvalue weighted by Crippen LogP contribution is -2.39. The highest BCUT2D eigenvalue weighted by Gasteiger charge is 2.57. The van der Waals surface area contributed by atoms with E-state index in [1.807, 2.05) is 0 Å². The second kappa shape index (κ2) is 2.17. The highest BCUT2D eigenvalue weighted by Crippen LogP contribution is 2.44. The minimum Gasteiger partial charge on any atom is -0.393 e. The molecule has 11 heavy (non-hydrogen) atoms. The van der Waals surface area contributed by atoms with Gasteiger partial charge in [0.15, 0.2) is 0 Å². The third-order valence-corrected chi connectivity index (χ3v) is 2.97. The minimum atomic E-state index is -0.946. The van der Waals surface area contributed by atoms with Crippen LogP contribution in [-0.4, -0.2) is 44.8 Å². The molecule has 2 rings (SSSR count). The number of rotatable bonds is 0. The number of hydrogen-bond acceptors (Lipinski definition) is 4. The SMILES string of the molecule is O[C@@H]1[C@@H](O)[C@@H]2[C@H](O)[C@H]1C[C@@H]2O. The van der Waals surface area contributed by atoms with Gasteiger partial charge < -0.3 is 20.4 Å². The molecular formula is C7H12O4. The second-order valence-corrected chi connectivity index (χ2v) is 3.52. The summed E-state index contributed by atoms with van der Waals surface area (Å²) in [6.07, 6.45) is -2.76. The summed E-state index contributed by atoms with van der Waals surface area (Å²) in [5.41, 5.74) is 0. The Bertz CT molecular complexity index is 168. The summed E-state index contributed by atoms with van der Waals surface area (Å²) in [5, 5.41) is 37.1. The van der Waals surface area contributed by atoms with Gasteiger partial charge in [0.1, 0.15) is 0 Å². The highest BCUT2D eigenvalue weighted by atomic mass is 16.4. The van der Waals surface area contributed by atoms with Gasteiger partial charge in [0.05, 0.1) is 24.4 Å². The molecule has 64 valence electrons. The van der Waals surface area contributed by atoms with E-state index < -0.39 is 30.3 Å². The molecule has 0 spiro atoms. The topological polar surface area (TPSA) is 80.9 Å². The van der Waals surface area contributed by atoms with Gasteiger partial charge in [0, 0.05) is 11.8 Å². The van der Waals surface area contributed by atoms with E-state index in [0.29, 0.717) is 6.42 Å². The molecule has 0 aromatic carbocycles. The summed E-state index contributed by atoms with van der Waals surface area (Å²) in [5.74, 6) is -0.861. The first-order valence-corrected chi connectivity index (χ1v) is 3.85. The first kappa shape index (κ1) is 7.49. The van der Waals surface area contributed by atoms with Crippen molar-refractivity contribution in [3.05, 3.63) is 0 Å². The van der Waals surface area contributed by atoms with Crippen molar-refractivity contribution >= 4 is 0 Å². The maximum atomic E-state index is 9.36. The predicted octanol–water partition coefficient (Wildman–Crippen LogP) is -1.92. The molecule has 2 aliphatic rings. The van der Waals surface area contributed by atoms with Gasteiger partial charge >= 0.3 is 0 Å². The van der Waals surface area contributed by atoms with Crippen molar-refractivity contribution in [2.24, 2.45) is 11.8 Å². The van der Waals surface area contributed by atoms with Crippen molar-refractivity contribution in [1.82, 2.24) is 0 Å². The third kappa shape index (κ3) is 0.780. The molecule has 0 saturated heterocycles. The van der Waals surface area contributed by atoms with Gasteiger partial charge in [-0.25, -0.2) is 0 Å². The molecule has 2 fully saturated rings. The Morgan fingerprint density at radius 2 is 1.45 bits per heavy atom. The number of aliphatic hydroxyl groups is 4. The van der Waals surface area contributed by atoms with E-state index in [1.165, 1.54) is 0 Å². The molecule has 0 aliphatic heterocycles. The van der Waals surface area contributed by atoms with Crippen LogP contribution in [-0.2, 0) is 0 Å². The molecule has 2 saturated carbocycles. The van der Waals surface area contributed by atoms with Gasteiger partial charge in [0.2, 0.25) is 0 Å². The van der Waals surface area contributed by atoms with Crippen molar-refractivity contribution in [1.29, 1.82) is 0 Å². The van der Waals surface area contributed by atoms with Crippen molar-refractivity contribution < 1.29 is 20.4 Å². The fraction of sp³-hybridized carbons (Fsp3) is 1.00. The lowest BCUT2D eigenvalue weighted by atomic mass is 9.93. The number of fused-ring (bicyclic) bond motifs is 2. The minimum absolute atomic E-state index is 0.329. The maximum Gasteiger partial charge on any atom is 0.0880 e. The van der Waals surface area contributed by atoms with Crippen LogP contribution in [0.4, 0.5) is 0 Å². The molecular weight excluding hydrogens is 148 g/mol. The van der Waals surface area contributed by atoms with E-state index in [2.05, 4.69) is 0 Å². The van der Waals surface area contributed by atoms with E-state index in [1.54, 1.807) is 0 Å². The zero-order chi connectivity index (χ0) is 8.17. The highest BCUT2D eigenvalue weighted by molar-refractivity contribution is 5.07. The van der Waals surface area contributed by atoms with Gasteiger partial charge in [-0.1, -0.05) is 0 Å². The molecule has 0 aromatic heterocycles. The fourth-order valence-corrected chi connectivity index (χ4v) is 2.34. The van der Waals surface area contributed by atoms with Gasteiger partial charge in [0.25, 0.3) is 0 Å². The zero-order valence-corrected chi connectivity index (χ0v) is 5.96. The lowest BCUT2D eigenvalue weighted by molar-refractivity contribution is -0.0606. The second-order valence-electron chi connectivity index (χ2n) is 3.52. The first-order chi connectivity index (χ1) is 5.13. The normalized spacial score (nSPS) is 62.2. The van der Waals surface area contributed by atoms with Gasteiger partial charge in [-0.2, -0.15) is 0 Å². The first-order valence-electron chi connectivity index (χ1n) is 3.85. The molecule has 0 unspecified atom stereocenters. The molecule has 2 aliphatic carbocycles. The van der Waals surface area contributed by atoms with E-state index in [0.717, 1.165) is 0 Å². The lowest BCUT2D eigenvalue weighted by Gasteiger charge is -2.25. The standard InChI is InChI=1S/C7H12O4/c8-3-1-2-5(9)4(3)7(11)6(2)10/h2-11H,1H2/t2-,3+,4+,5-,6+,7+/m1/s1. The molecule has 0 aromatic rings. The quantitative estimate of drug-likeness (QED) is 0.333. The average molecular weight is 160 g/mol. The summed E-state index contributed by atoms with van der Waals surface area (Å²) >= 11 is 0. The van der Waals surface area contributed by atoms with E-state index in [4.69, 9.17) is 0 Å². The fourth-order valence-electron chi connectivity index (χ4n) is 2.34. The van der Waals surface area contributed by atoms with Crippen LogP contribution < -0.4 is 0 Å². The van der Waals surface area contributed by atoms with E-state index in [9.17, 15) is 20.4 Å². The predicted molar refractivity (Wildman–Crippen MR) is 35.6 cm³/mol. The van der Waals surface area contributed by atoms with Crippen LogP contribution in [0.25, 0.3) is 0 Å². The number of hydrogen-bond donors (Lipinski definition) is 4. The van der Waals surface area contributed by atoms with Crippen molar-refractivity contribution in [3.8, 4) is 0 Å². The van der Waals surface area contributed by atoms with Crippen LogP contribution in [0.3, 0.4) is 0 Å². The molecule has 0 heterocycles. The third-order valence-electron chi connectivity index (χ3n) is 2.97. The van der Waals surface area contributed by atoms with Gasteiger partial charge in [-0.15, -0.1) is 0 Å². The van der Waals surface area contributed by atoms with Gasteiger partial charge in [-0.05, 0) is 6.42 Å². The molecule has 0 radical (unpaired) electrons. The van der Waals surface area contributed by atoms with Crippen LogP contribution in [0.15, 0.2) is 0 Å². The Labute approximate surface area is 64.1 Å². The smallest absolute Gasteiger partial charge is 0.0880 e. The van der Waals surface area contributed by atoms with Gasteiger partial charge in [-0.3, -0.25) is 0 Å². The van der Waals surface area contributed by atoms with E-state index in [-0.39, 0.29) is 5.92 Å². The summed E-state index contributed by atoms with van der Waals surface area (Å²) in [6, 6.07) is 0. The van der Waals surface area contributed by atoms with Crippen LogP contribution >= 0.6 is 0 Å². The van der Waals surface area contributed by atoms with Crippen LogP contribution in [0.1, 0.15) is 6.42 Å². The maximum absolute atomic E-state index is 9.36. The largest absolute Gasteiger partial charge is 0.393 e. The Balaban J connectivity index is 2.24. The van der Waals surface area contributed by atoms with Crippen molar-refractivity contribution in [2.75, 3.05) is 0 Å². The van der Waals surface area contributed by atoms with E-state index >= 15 is 0 Å². The Hall–Kier alpha value is -0.160. The molecule has 6 atom stereocenters. The number of aliphatic hydroxyl groups excluding tert-OH is 4. The van der Waals surface area contributed by atoms with Crippen LogP contribution in [0.2, 0.25) is 0 Å².